The van der Waals surface area contributed by atoms with Crippen LogP contribution in [-0.2, 0) is 19.4 Å². The Hall–Kier alpha value is -2.78. The van der Waals surface area contributed by atoms with E-state index in [9.17, 15) is 4.79 Å². The lowest BCUT2D eigenvalue weighted by Crippen LogP contribution is -1.98. The molecule has 0 saturated carbocycles. The summed E-state index contributed by atoms with van der Waals surface area (Å²) in [7, 11) is 0. The Morgan fingerprint density at radius 3 is 2.19 bits per heavy atom. The Morgan fingerprint density at radius 1 is 0.846 bits per heavy atom. The lowest BCUT2D eigenvalue weighted by atomic mass is 10.0. The van der Waals surface area contributed by atoms with Gasteiger partial charge in [-0.3, -0.25) is 0 Å². The molecular formula is C22H19ClO3. The molecule has 0 heterocycles. The average molecular weight is 367 g/mol. The van der Waals surface area contributed by atoms with E-state index in [2.05, 4.69) is 0 Å². The second kappa shape index (κ2) is 8.54. The first kappa shape index (κ1) is 18.0. The van der Waals surface area contributed by atoms with Gasteiger partial charge in [0, 0.05) is 5.02 Å². The summed E-state index contributed by atoms with van der Waals surface area (Å²) in [4.78, 5) is 11.0. The molecule has 0 fully saturated rings. The van der Waals surface area contributed by atoms with Crippen LogP contribution in [-0.4, -0.2) is 11.1 Å². The van der Waals surface area contributed by atoms with Crippen LogP contribution < -0.4 is 4.74 Å². The third-order valence-electron chi connectivity index (χ3n) is 4.12. The number of halogens is 1. The molecule has 0 aromatic heterocycles. The van der Waals surface area contributed by atoms with Gasteiger partial charge in [-0.15, -0.1) is 0 Å². The molecule has 0 saturated heterocycles. The van der Waals surface area contributed by atoms with E-state index in [0.29, 0.717) is 17.2 Å². The molecule has 4 heteroatoms. The molecule has 26 heavy (non-hydrogen) atoms. The number of benzene rings is 3. The van der Waals surface area contributed by atoms with E-state index in [1.165, 1.54) is 5.56 Å². The number of hydrogen-bond acceptors (Lipinski definition) is 2. The lowest BCUT2D eigenvalue weighted by Gasteiger charge is -2.08. The summed E-state index contributed by atoms with van der Waals surface area (Å²) in [5.74, 6) is -0.0781. The molecule has 0 aliphatic heterocycles. The van der Waals surface area contributed by atoms with Crippen LogP contribution in [0, 0.1) is 0 Å². The van der Waals surface area contributed by atoms with E-state index in [4.69, 9.17) is 21.4 Å². The van der Waals surface area contributed by atoms with Crippen molar-refractivity contribution in [1.82, 2.24) is 0 Å². The molecule has 0 unspecified atom stereocenters. The van der Waals surface area contributed by atoms with E-state index in [0.717, 1.165) is 29.7 Å². The predicted octanol–water partition coefficient (Wildman–Crippen LogP) is 5.40. The zero-order chi connectivity index (χ0) is 18.4. The van der Waals surface area contributed by atoms with Crippen molar-refractivity contribution in [3.63, 3.8) is 0 Å². The SMILES string of the molecule is O=C(O)c1cccc(CCc2ccc(OCc3ccc(Cl)cc3)cc2)c1. The molecule has 0 aliphatic rings. The highest BCUT2D eigenvalue weighted by molar-refractivity contribution is 6.30. The molecule has 0 bridgehead atoms. The largest absolute Gasteiger partial charge is 0.489 e. The smallest absolute Gasteiger partial charge is 0.335 e. The Morgan fingerprint density at radius 2 is 1.50 bits per heavy atom. The predicted molar refractivity (Wildman–Crippen MR) is 103 cm³/mol. The second-order valence-electron chi connectivity index (χ2n) is 6.06. The Balaban J connectivity index is 1.53. The zero-order valence-electron chi connectivity index (χ0n) is 14.2. The summed E-state index contributed by atoms with van der Waals surface area (Å²) in [6, 6.07) is 22.7. The quantitative estimate of drug-likeness (QED) is 0.608. The van der Waals surface area contributed by atoms with E-state index < -0.39 is 5.97 Å². The molecule has 0 spiro atoms. The maximum Gasteiger partial charge on any atom is 0.335 e. The van der Waals surface area contributed by atoms with Crippen molar-refractivity contribution in [2.75, 3.05) is 0 Å². The summed E-state index contributed by atoms with van der Waals surface area (Å²) in [5, 5.41) is 9.77. The van der Waals surface area contributed by atoms with Gasteiger partial charge in [0.2, 0.25) is 0 Å². The molecule has 0 atom stereocenters. The first-order valence-corrected chi connectivity index (χ1v) is 8.76. The normalized spacial score (nSPS) is 10.5. The molecule has 3 aromatic rings. The van der Waals surface area contributed by atoms with Crippen molar-refractivity contribution in [1.29, 1.82) is 0 Å². The Bertz CT molecular complexity index is 871. The fourth-order valence-corrected chi connectivity index (χ4v) is 2.77. The topological polar surface area (TPSA) is 46.5 Å². The third-order valence-corrected chi connectivity index (χ3v) is 4.37. The van der Waals surface area contributed by atoms with E-state index >= 15 is 0 Å². The van der Waals surface area contributed by atoms with Gasteiger partial charge in [-0.1, -0.05) is 48.0 Å². The molecule has 0 radical (unpaired) electrons. The number of ether oxygens (including phenoxy) is 1. The number of carbonyl (C=O) groups is 1. The van der Waals surface area contributed by atoms with Crippen molar-refractivity contribution in [3.05, 3.63) is 100 Å². The minimum absolute atomic E-state index is 0.327. The van der Waals surface area contributed by atoms with Crippen molar-refractivity contribution >= 4 is 17.6 Å². The number of aryl methyl sites for hydroxylation is 2. The average Bonchev–Trinajstić information content (AvgIpc) is 2.67. The highest BCUT2D eigenvalue weighted by Crippen LogP contribution is 2.17. The van der Waals surface area contributed by atoms with Gasteiger partial charge in [0.25, 0.3) is 0 Å². The summed E-state index contributed by atoms with van der Waals surface area (Å²) in [5.41, 5.74) is 3.60. The third kappa shape index (κ3) is 5.11. The Kier molecular flexibility index (Phi) is 5.92. The maximum absolute atomic E-state index is 11.0. The summed E-state index contributed by atoms with van der Waals surface area (Å²) < 4.78 is 5.78. The van der Waals surface area contributed by atoms with Crippen LogP contribution in [0.25, 0.3) is 0 Å². The lowest BCUT2D eigenvalue weighted by molar-refractivity contribution is 0.0696. The first-order chi connectivity index (χ1) is 12.6. The van der Waals surface area contributed by atoms with E-state index in [1.807, 2.05) is 54.6 Å². The molecular weight excluding hydrogens is 348 g/mol. The first-order valence-electron chi connectivity index (χ1n) is 8.38. The van der Waals surface area contributed by atoms with Gasteiger partial charge in [-0.2, -0.15) is 0 Å². The number of rotatable bonds is 7. The molecule has 3 rings (SSSR count). The van der Waals surface area contributed by atoms with E-state index in [-0.39, 0.29) is 0 Å². The van der Waals surface area contributed by atoms with Crippen LogP contribution in [0.1, 0.15) is 27.0 Å². The van der Waals surface area contributed by atoms with Gasteiger partial charge in [0.05, 0.1) is 5.56 Å². The van der Waals surface area contributed by atoms with Crippen molar-refractivity contribution in [2.45, 2.75) is 19.4 Å². The summed E-state index contributed by atoms with van der Waals surface area (Å²) in [6.45, 7) is 0.499. The number of aromatic carboxylic acids is 1. The van der Waals surface area contributed by atoms with Crippen molar-refractivity contribution < 1.29 is 14.6 Å². The summed E-state index contributed by atoms with van der Waals surface area (Å²) in [6.07, 6.45) is 1.65. The zero-order valence-corrected chi connectivity index (χ0v) is 14.9. The fourth-order valence-electron chi connectivity index (χ4n) is 2.65. The fraction of sp³-hybridized carbons (Fsp3) is 0.136. The minimum atomic E-state index is -0.894. The highest BCUT2D eigenvalue weighted by Gasteiger charge is 2.04. The van der Waals surface area contributed by atoms with Crippen molar-refractivity contribution in [3.8, 4) is 5.75 Å². The molecule has 3 nitrogen and oxygen atoms in total. The van der Waals surface area contributed by atoms with Crippen LogP contribution >= 0.6 is 11.6 Å². The van der Waals surface area contributed by atoms with Crippen molar-refractivity contribution in [2.24, 2.45) is 0 Å². The number of carboxylic acid groups (broad SMARTS) is 1. The van der Waals surface area contributed by atoms with Gasteiger partial charge in [0.1, 0.15) is 12.4 Å². The van der Waals surface area contributed by atoms with Gasteiger partial charge < -0.3 is 9.84 Å². The van der Waals surface area contributed by atoms with Crippen LogP contribution in [0.5, 0.6) is 5.75 Å². The standard InChI is InChI=1S/C22H19ClO3/c23-20-10-6-18(7-11-20)15-26-21-12-8-16(9-13-21)4-5-17-2-1-3-19(14-17)22(24)25/h1-3,6-14H,4-5,15H2,(H,24,25). The van der Waals surface area contributed by atoms with Crippen LogP contribution in [0.3, 0.4) is 0 Å². The van der Waals surface area contributed by atoms with Crippen LogP contribution in [0.4, 0.5) is 0 Å². The molecule has 3 aromatic carbocycles. The number of carboxylic acids is 1. The van der Waals surface area contributed by atoms with Gasteiger partial charge in [0.15, 0.2) is 0 Å². The highest BCUT2D eigenvalue weighted by atomic mass is 35.5. The van der Waals surface area contributed by atoms with E-state index in [1.54, 1.807) is 18.2 Å². The second-order valence-corrected chi connectivity index (χ2v) is 6.50. The monoisotopic (exact) mass is 366 g/mol. The molecule has 132 valence electrons. The van der Waals surface area contributed by atoms with Gasteiger partial charge in [-0.25, -0.2) is 4.79 Å². The Labute approximate surface area is 157 Å². The molecule has 1 N–H and O–H groups in total. The molecule has 0 amide bonds. The van der Waals surface area contributed by atoms with Crippen LogP contribution in [0.15, 0.2) is 72.8 Å². The van der Waals surface area contributed by atoms with Gasteiger partial charge in [-0.05, 0) is 65.9 Å². The summed E-state index contributed by atoms with van der Waals surface area (Å²) >= 11 is 5.87. The maximum atomic E-state index is 11.0. The van der Waals surface area contributed by atoms with Crippen LogP contribution in [0.2, 0.25) is 5.02 Å². The minimum Gasteiger partial charge on any atom is -0.489 e. The molecule has 0 aliphatic carbocycles. The van der Waals surface area contributed by atoms with Gasteiger partial charge >= 0.3 is 5.97 Å². The number of hydrogen-bond donors (Lipinski definition) is 1.